The normalized spacial score (nSPS) is 21.2. The molecular weight excluding hydrogens is 282 g/mol. The number of rotatable bonds is 2. The van der Waals surface area contributed by atoms with Crippen LogP contribution in [-0.4, -0.2) is 11.2 Å². The molecule has 0 spiro atoms. The summed E-state index contributed by atoms with van der Waals surface area (Å²) in [5.41, 5.74) is 5.53. The molecule has 1 saturated carbocycles. The molecule has 1 aliphatic rings. The van der Waals surface area contributed by atoms with Crippen molar-refractivity contribution in [3.8, 4) is 6.07 Å². The van der Waals surface area contributed by atoms with E-state index in [4.69, 9.17) is 10.4 Å². The summed E-state index contributed by atoms with van der Waals surface area (Å²) >= 11 is 0. The quantitative estimate of drug-likeness (QED) is 0.778. The van der Waals surface area contributed by atoms with Crippen molar-refractivity contribution < 1.29 is 5.11 Å². The summed E-state index contributed by atoms with van der Waals surface area (Å²) in [7, 11) is 0. The van der Waals surface area contributed by atoms with E-state index in [9.17, 15) is 0 Å². The highest BCUT2D eigenvalue weighted by atomic mass is 16.3. The predicted molar refractivity (Wildman–Crippen MR) is 98.2 cm³/mol. The standard InChI is InChI=1S/C14H17N.C7H14O/c1-5-6-10(2)14-8-13(9-15)11(3)7-12(14)4;1-6-2-4-7(8)5-3-6/h6-8H,5H2,1-4H3;6-8H,2-5H2,1H3/b10-6-;. The first-order valence-electron chi connectivity index (χ1n) is 8.75. The van der Waals surface area contributed by atoms with E-state index >= 15 is 0 Å². The van der Waals surface area contributed by atoms with Crippen LogP contribution >= 0.6 is 0 Å². The maximum Gasteiger partial charge on any atom is 0.0994 e. The van der Waals surface area contributed by atoms with Crippen LogP contribution in [0.4, 0.5) is 0 Å². The fraction of sp³-hybridized carbons (Fsp3) is 0.571. The Balaban J connectivity index is 0.000000277. The van der Waals surface area contributed by atoms with Gasteiger partial charge in [-0.25, -0.2) is 0 Å². The summed E-state index contributed by atoms with van der Waals surface area (Å²) in [5, 5.41) is 18.0. The number of nitriles is 1. The zero-order valence-corrected chi connectivity index (χ0v) is 15.3. The minimum Gasteiger partial charge on any atom is -0.393 e. The second kappa shape index (κ2) is 9.53. The third kappa shape index (κ3) is 6.20. The number of hydrogen-bond donors (Lipinski definition) is 1. The van der Waals surface area contributed by atoms with Crippen LogP contribution in [0.15, 0.2) is 18.2 Å². The highest BCUT2D eigenvalue weighted by Crippen LogP contribution is 2.23. The second-order valence-electron chi connectivity index (χ2n) is 6.80. The SMILES string of the molecule is CC/C=C(/C)c1cc(C#N)c(C)cc1C.CC1CCC(O)CC1. The maximum atomic E-state index is 9.03. The molecule has 1 fully saturated rings. The molecule has 1 aromatic rings. The van der Waals surface area contributed by atoms with Crippen LogP contribution in [0.3, 0.4) is 0 Å². The van der Waals surface area contributed by atoms with E-state index in [1.807, 2.05) is 13.0 Å². The van der Waals surface area contributed by atoms with Crippen molar-refractivity contribution in [1.82, 2.24) is 0 Å². The van der Waals surface area contributed by atoms with Crippen molar-refractivity contribution in [3.63, 3.8) is 0 Å². The molecule has 2 rings (SSSR count). The minimum atomic E-state index is 0.0196. The van der Waals surface area contributed by atoms with E-state index < -0.39 is 0 Å². The molecule has 0 radical (unpaired) electrons. The average molecular weight is 313 g/mol. The van der Waals surface area contributed by atoms with Gasteiger partial charge < -0.3 is 5.11 Å². The van der Waals surface area contributed by atoms with Gasteiger partial charge in [-0.1, -0.05) is 26.0 Å². The second-order valence-corrected chi connectivity index (χ2v) is 6.80. The van der Waals surface area contributed by atoms with Gasteiger partial charge in [-0.3, -0.25) is 0 Å². The molecule has 23 heavy (non-hydrogen) atoms. The number of benzene rings is 1. The average Bonchev–Trinajstić information content (AvgIpc) is 2.51. The van der Waals surface area contributed by atoms with E-state index in [-0.39, 0.29) is 6.10 Å². The predicted octanol–water partition coefficient (Wildman–Crippen LogP) is 5.55. The number of hydrogen-bond acceptors (Lipinski definition) is 2. The number of nitrogens with zero attached hydrogens (tertiary/aromatic N) is 1. The molecule has 0 aliphatic heterocycles. The number of allylic oxidation sites excluding steroid dienone is 2. The van der Waals surface area contributed by atoms with Crippen LogP contribution in [0.2, 0.25) is 0 Å². The first-order valence-corrected chi connectivity index (χ1v) is 8.75. The van der Waals surface area contributed by atoms with Gasteiger partial charge in [0.05, 0.1) is 17.7 Å². The Bertz CT molecular complexity index is 562. The highest BCUT2D eigenvalue weighted by Gasteiger charge is 2.14. The number of aliphatic hydroxyl groups excluding tert-OH is 1. The third-order valence-corrected chi connectivity index (χ3v) is 4.61. The molecule has 0 amide bonds. The van der Waals surface area contributed by atoms with E-state index in [1.165, 1.54) is 29.5 Å². The van der Waals surface area contributed by atoms with Gasteiger partial charge in [-0.05, 0) is 87.1 Å². The molecule has 0 bridgehead atoms. The van der Waals surface area contributed by atoms with Gasteiger partial charge in [-0.2, -0.15) is 5.26 Å². The lowest BCUT2D eigenvalue weighted by molar-refractivity contribution is 0.112. The van der Waals surface area contributed by atoms with E-state index in [0.717, 1.165) is 36.3 Å². The van der Waals surface area contributed by atoms with E-state index in [0.29, 0.717) is 0 Å². The summed E-state index contributed by atoms with van der Waals surface area (Å²) in [6.45, 7) is 10.6. The van der Waals surface area contributed by atoms with Gasteiger partial charge in [-0.15, -0.1) is 0 Å². The number of aliphatic hydroxyl groups is 1. The minimum absolute atomic E-state index is 0.0196. The molecule has 0 heterocycles. The van der Waals surface area contributed by atoms with E-state index in [2.05, 4.69) is 45.9 Å². The Hall–Kier alpha value is -1.59. The Morgan fingerprint density at radius 1 is 1.22 bits per heavy atom. The van der Waals surface area contributed by atoms with Crippen molar-refractivity contribution >= 4 is 5.57 Å². The summed E-state index contributed by atoms with van der Waals surface area (Å²) < 4.78 is 0. The molecule has 1 aromatic carbocycles. The van der Waals surface area contributed by atoms with Crippen molar-refractivity contribution in [2.75, 3.05) is 0 Å². The summed E-state index contributed by atoms with van der Waals surface area (Å²) in [6.07, 6.45) is 7.75. The van der Waals surface area contributed by atoms with Crippen LogP contribution in [0.5, 0.6) is 0 Å². The molecule has 2 heteroatoms. The summed E-state index contributed by atoms with van der Waals surface area (Å²) in [5.74, 6) is 0.860. The van der Waals surface area contributed by atoms with Crippen molar-refractivity contribution in [3.05, 3.63) is 40.5 Å². The largest absolute Gasteiger partial charge is 0.393 e. The van der Waals surface area contributed by atoms with Gasteiger partial charge in [0.1, 0.15) is 0 Å². The van der Waals surface area contributed by atoms with Crippen LogP contribution in [0.1, 0.15) is 75.1 Å². The third-order valence-electron chi connectivity index (χ3n) is 4.61. The molecule has 0 saturated heterocycles. The fourth-order valence-electron chi connectivity index (χ4n) is 3.06. The Morgan fingerprint density at radius 3 is 2.30 bits per heavy atom. The van der Waals surface area contributed by atoms with Gasteiger partial charge >= 0.3 is 0 Å². The molecular formula is C21H31NO. The van der Waals surface area contributed by atoms with Gasteiger partial charge in [0, 0.05) is 0 Å². The summed E-state index contributed by atoms with van der Waals surface area (Å²) in [4.78, 5) is 0. The van der Waals surface area contributed by atoms with Crippen molar-refractivity contribution in [2.45, 2.75) is 72.8 Å². The Kier molecular flexibility index (Phi) is 8.06. The van der Waals surface area contributed by atoms with Gasteiger partial charge in [0.25, 0.3) is 0 Å². The molecule has 1 N–H and O–H groups in total. The Labute approximate surface area is 141 Å². The van der Waals surface area contributed by atoms with Crippen molar-refractivity contribution in [2.24, 2.45) is 5.92 Å². The molecule has 0 unspecified atom stereocenters. The van der Waals surface area contributed by atoms with Gasteiger partial charge in [0.15, 0.2) is 0 Å². The smallest absolute Gasteiger partial charge is 0.0994 e. The molecule has 0 atom stereocenters. The lowest BCUT2D eigenvalue weighted by atomic mass is 9.89. The first kappa shape index (κ1) is 19.5. The van der Waals surface area contributed by atoms with Crippen LogP contribution in [0.25, 0.3) is 5.57 Å². The van der Waals surface area contributed by atoms with Gasteiger partial charge in [0.2, 0.25) is 0 Å². The molecule has 2 nitrogen and oxygen atoms in total. The van der Waals surface area contributed by atoms with Crippen LogP contribution in [-0.2, 0) is 0 Å². The highest BCUT2D eigenvalue weighted by molar-refractivity contribution is 5.68. The van der Waals surface area contributed by atoms with E-state index in [1.54, 1.807) is 0 Å². The van der Waals surface area contributed by atoms with Crippen LogP contribution < -0.4 is 0 Å². The molecule has 1 aliphatic carbocycles. The lowest BCUT2D eigenvalue weighted by Crippen LogP contribution is -2.15. The molecule has 0 aromatic heterocycles. The molecule has 126 valence electrons. The zero-order chi connectivity index (χ0) is 17.4. The maximum absolute atomic E-state index is 9.03. The monoisotopic (exact) mass is 313 g/mol. The van der Waals surface area contributed by atoms with Crippen LogP contribution in [0, 0.1) is 31.1 Å². The first-order chi connectivity index (χ1) is 10.9. The lowest BCUT2D eigenvalue weighted by Gasteiger charge is -2.21. The fourth-order valence-corrected chi connectivity index (χ4v) is 3.06. The topological polar surface area (TPSA) is 44.0 Å². The summed E-state index contributed by atoms with van der Waals surface area (Å²) in [6, 6.07) is 6.31. The zero-order valence-electron chi connectivity index (χ0n) is 15.3. The Morgan fingerprint density at radius 2 is 1.83 bits per heavy atom. The van der Waals surface area contributed by atoms with Crippen molar-refractivity contribution in [1.29, 1.82) is 5.26 Å². The number of aryl methyl sites for hydroxylation is 2.